The summed E-state index contributed by atoms with van der Waals surface area (Å²) in [6.45, 7) is 9.40. The first-order valence-electron chi connectivity index (χ1n) is 14.0. The minimum absolute atomic E-state index is 0.107. The molecular formula is C30H46F3NO7. The molecule has 1 aromatic rings. The molecule has 4 atom stereocenters. The largest absolute Gasteiger partial charge is 0.490 e. The van der Waals surface area contributed by atoms with Crippen molar-refractivity contribution in [2.45, 2.75) is 109 Å². The van der Waals surface area contributed by atoms with Crippen LogP contribution in [-0.4, -0.2) is 67.9 Å². The van der Waals surface area contributed by atoms with Crippen molar-refractivity contribution >= 4 is 11.9 Å². The normalized spacial score (nSPS) is 21.3. The summed E-state index contributed by atoms with van der Waals surface area (Å²) in [6.07, 6.45) is 4.35. The highest BCUT2D eigenvalue weighted by atomic mass is 19.4. The Labute approximate surface area is 241 Å². The summed E-state index contributed by atoms with van der Waals surface area (Å²) < 4.78 is 55.4. The predicted molar refractivity (Wildman–Crippen MR) is 149 cm³/mol. The van der Waals surface area contributed by atoms with Crippen molar-refractivity contribution < 1.29 is 46.8 Å². The van der Waals surface area contributed by atoms with Crippen molar-refractivity contribution in [3.05, 3.63) is 47.5 Å². The molecule has 8 nitrogen and oxygen atoms in total. The number of carboxylic acids is 1. The zero-order chi connectivity index (χ0) is 31.1. The summed E-state index contributed by atoms with van der Waals surface area (Å²) in [5.74, 6) is -3.24. The number of aliphatic carboxylic acids is 1. The molecule has 1 aliphatic heterocycles. The van der Waals surface area contributed by atoms with Crippen LogP contribution in [0.15, 0.2) is 36.4 Å². The number of benzene rings is 1. The van der Waals surface area contributed by atoms with Crippen molar-refractivity contribution in [3.8, 4) is 0 Å². The van der Waals surface area contributed by atoms with Gasteiger partial charge in [-0.2, -0.15) is 13.2 Å². The summed E-state index contributed by atoms with van der Waals surface area (Å²) in [5, 5.41) is 7.12. The summed E-state index contributed by atoms with van der Waals surface area (Å²) in [6, 6.07) is 8.45. The molecule has 0 aliphatic carbocycles. The Morgan fingerprint density at radius 2 is 1.68 bits per heavy atom. The summed E-state index contributed by atoms with van der Waals surface area (Å²) in [4.78, 5) is 20.9. The molecule has 2 rings (SSSR count). The van der Waals surface area contributed by atoms with E-state index in [-0.39, 0.29) is 24.2 Å². The fourth-order valence-corrected chi connectivity index (χ4v) is 4.12. The second-order valence-electron chi connectivity index (χ2n) is 10.9. The molecule has 3 N–H and O–H groups in total. The Morgan fingerprint density at radius 1 is 1.07 bits per heavy atom. The maximum absolute atomic E-state index is 12.0. The smallest absolute Gasteiger partial charge is 0.475 e. The molecule has 0 radical (unpaired) electrons. The topological polar surface area (TPSA) is 117 Å². The lowest BCUT2D eigenvalue weighted by Gasteiger charge is -2.40. The number of halogens is 3. The third kappa shape index (κ3) is 13.8. The fourth-order valence-electron chi connectivity index (χ4n) is 4.12. The number of alkyl halides is 3. The number of carbonyl (C=O) groups is 2. The summed E-state index contributed by atoms with van der Waals surface area (Å²) in [7, 11) is 1.61. The van der Waals surface area contributed by atoms with Crippen LogP contribution < -0.4 is 5.73 Å². The Morgan fingerprint density at radius 3 is 2.20 bits per heavy atom. The molecule has 1 heterocycles. The maximum Gasteiger partial charge on any atom is 0.490 e. The molecule has 0 aromatic heterocycles. The minimum atomic E-state index is -5.08. The van der Waals surface area contributed by atoms with Crippen LogP contribution in [0.1, 0.15) is 77.3 Å². The van der Waals surface area contributed by atoms with E-state index in [0.29, 0.717) is 13.2 Å². The van der Waals surface area contributed by atoms with Gasteiger partial charge in [0.25, 0.3) is 0 Å². The zero-order valence-corrected chi connectivity index (χ0v) is 24.7. The predicted octanol–water partition coefficient (Wildman–Crippen LogP) is 5.70. The fraction of sp³-hybridized carbons (Fsp3) is 0.667. The van der Waals surface area contributed by atoms with Gasteiger partial charge in [0.05, 0.1) is 19.8 Å². The molecule has 0 saturated carbocycles. The van der Waals surface area contributed by atoms with Crippen LogP contribution in [-0.2, 0) is 40.6 Å². The van der Waals surface area contributed by atoms with Gasteiger partial charge in [-0.05, 0) is 29.4 Å². The number of hydrogen-bond acceptors (Lipinski definition) is 7. The third-order valence-corrected chi connectivity index (χ3v) is 6.50. The number of carbonyl (C=O) groups excluding carboxylic acids is 1. The quantitative estimate of drug-likeness (QED) is 0.171. The van der Waals surface area contributed by atoms with Gasteiger partial charge in [0, 0.05) is 7.11 Å². The summed E-state index contributed by atoms with van der Waals surface area (Å²) >= 11 is 0. The van der Waals surface area contributed by atoms with Gasteiger partial charge in [0.1, 0.15) is 18.3 Å². The molecule has 234 valence electrons. The lowest BCUT2D eigenvalue weighted by molar-refractivity contribution is -0.216. The lowest BCUT2D eigenvalue weighted by Crippen LogP contribution is -2.56. The standard InChI is InChI=1S/C28H45NO5.C2HF3O2/c1-6-7-8-9-10-11-12-13-23-27(34-25(30)18-29)26(31-5)24(20-33-23)32-19-21-14-16-22(17-15-21)28(2,3)4;3-2(4,5)1(6)7/h12-17,23-24,26-27H,6-11,18-20,29H2,1-5H3;(H,6,7)/t23-,24+,26-,27+;/m0./s1. The van der Waals surface area contributed by atoms with E-state index in [1.807, 2.05) is 6.08 Å². The van der Waals surface area contributed by atoms with Gasteiger partial charge >= 0.3 is 18.1 Å². The first-order valence-corrected chi connectivity index (χ1v) is 14.0. The molecule has 1 aliphatic rings. The van der Waals surface area contributed by atoms with Crippen molar-refractivity contribution in [2.75, 3.05) is 20.3 Å². The molecule has 1 fully saturated rings. The van der Waals surface area contributed by atoms with Crippen molar-refractivity contribution in [2.24, 2.45) is 5.73 Å². The van der Waals surface area contributed by atoms with Gasteiger partial charge in [-0.1, -0.05) is 89.8 Å². The third-order valence-electron chi connectivity index (χ3n) is 6.50. The van der Waals surface area contributed by atoms with E-state index in [1.165, 1.54) is 31.2 Å². The van der Waals surface area contributed by atoms with Crippen LogP contribution in [0.2, 0.25) is 0 Å². The van der Waals surface area contributed by atoms with Gasteiger partial charge < -0.3 is 29.8 Å². The van der Waals surface area contributed by atoms with Crippen molar-refractivity contribution in [3.63, 3.8) is 0 Å². The molecule has 0 spiro atoms. The highest BCUT2D eigenvalue weighted by Crippen LogP contribution is 2.26. The minimum Gasteiger partial charge on any atom is -0.475 e. The molecule has 0 amide bonds. The van der Waals surface area contributed by atoms with Crippen molar-refractivity contribution in [1.82, 2.24) is 0 Å². The number of hydrogen-bond donors (Lipinski definition) is 2. The number of nitrogens with two attached hydrogens (primary N) is 1. The molecule has 11 heteroatoms. The Kier molecular flexibility index (Phi) is 16.2. The van der Waals surface area contributed by atoms with Crippen LogP contribution in [0, 0.1) is 0 Å². The maximum atomic E-state index is 12.0. The SMILES string of the molecule is CCCCCCCC=C[C@@H]1OC[C@@H](OCc2ccc(C(C)(C)C)cc2)[C@H](OC)[C@@H]1OC(=O)CN.O=C(O)C(F)(F)F. The monoisotopic (exact) mass is 589 g/mol. The first kappa shape index (κ1) is 36.6. The molecule has 1 saturated heterocycles. The van der Waals surface area contributed by atoms with Crippen LogP contribution in [0.5, 0.6) is 0 Å². The molecule has 0 bridgehead atoms. The van der Waals surface area contributed by atoms with E-state index in [9.17, 15) is 18.0 Å². The highest BCUT2D eigenvalue weighted by Gasteiger charge is 2.43. The second-order valence-corrected chi connectivity index (χ2v) is 10.9. The second kappa shape index (κ2) is 18.1. The van der Waals surface area contributed by atoms with Gasteiger partial charge in [-0.25, -0.2) is 4.79 Å². The van der Waals surface area contributed by atoms with E-state index >= 15 is 0 Å². The number of allylic oxidation sites excluding steroid dienone is 1. The zero-order valence-electron chi connectivity index (χ0n) is 24.7. The van der Waals surface area contributed by atoms with Crippen LogP contribution >= 0.6 is 0 Å². The molecule has 1 aromatic carbocycles. The highest BCUT2D eigenvalue weighted by molar-refractivity contribution is 5.73. The van der Waals surface area contributed by atoms with Crippen LogP contribution in [0.3, 0.4) is 0 Å². The lowest BCUT2D eigenvalue weighted by atomic mass is 9.87. The average molecular weight is 590 g/mol. The number of ether oxygens (including phenoxy) is 4. The van der Waals surface area contributed by atoms with E-state index in [2.05, 4.69) is 58.0 Å². The first-order chi connectivity index (χ1) is 19.2. The van der Waals surface area contributed by atoms with E-state index in [4.69, 9.17) is 34.6 Å². The Balaban J connectivity index is 0.00000106. The van der Waals surface area contributed by atoms with E-state index in [1.54, 1.807) is 7.11 Å². The number of carboxylic acid groups (broad SMARTS) is 1. The van der Waals surface area contributed by atoms with E-state index in [0.717, 1.165) is 18.4 Å². The number of methoxy groups -OCH3 is 1. The van der Waals surface area contributed by atoms with Crippen LogP contribution in [0.25, 0.3) is 0 Å². The van der Waals surface area contributed by atoms with Crippen molar-refractivity contribution in [1.29, 1.82) is 0 Å². The van der Waals surface area contributed by atoms with Gasteiger partial charge in [0.15, 0.2) is 6.10 Å². The number of unbranched alkanes of at least 4 members (excludes halogenated alkanes) is 5. The average Bonchev–Trinajstić information content (AvgIpc) is 2.91. The molecular weight excluding hydrogens is 543 g/mol. The Bertz CT molecular complexity index is 929. The van der Waals surface area contributed by atoms with Crippen LogP contribution in [0.4, 0.5) is 13.2 Å². The number of rotatable bonds is 13. The van der Waals surface area contributed by atoms with Gasteiger partial charge in [-0.15, -0.1) is 0 Å². The van der Waals surface area contributed by atoms with Gasteiger partial charge in [-0.3, -0.25) is 4.79 Å². The van der Waals surface area contributed by atoms with E-state index < -0.39 is 30.3 Å². The summed E-state index contributed by atoms with van der Waals surface area (Å²) in [5.41, 5.74) is 7.97. The Hall–Kier alpha value is -2.47. The molecule has 0 unspecified atom stereocenters. The van der Waals surface area contributed by atoms with Gasteiger partial charge in [0.2, 0.25) is 0 Å². The number of esters is 1. The molecule has 41 heavy (non-hydrogen) atoms.